The molecule has 0 aliphatic heterocycles. The van der Waals surface area contributed by atoms with Crippen LogP contribution >= 0.6 is 0 Å². The molecular formula is C17H21NO4S. The van der Waals surface area contributed by atoms with Gasteiger partial charge in [0.15, 0.2) is 0 Å². The maximum absolute atomic E-state index is 12.5. The fourth-order valence-electron chi connectivity index (χ4n) is 2.12. The Labute approximate surface area is 137 Å². The Bertz CT molecular complexity index is 755. The van der Waals surface area contributed by atoms with Crippen LogP contribution < -0.4 is 14.2 Å². The van der Waals surface area contributed by atoms with Crippen LogP contribution in [0, 0.1) is 6.92 Å². The fourth-order valence-corrected chi connectivity index (χ4v) is 3.39. The zero-order chi connectivity index (χ0) is 16.9. The lowest BCUT2D eigenvalue weighted by molar-refractivity contribution is 0.340. The number of hydrogen-bond acceptors (Lipinski definition) is 4. The van der Waals surface area contributed by atoms with Crippen LogP contribution in [0.3, 0.4) is 0 Å². The van der Waals surface area contributed by atoms with Crippen LogP contribution in [0.5, 0.6) is 11.5 Å². The Hall–Kier alpha value is -2.05. The van der Waals surface area contributed by atoms with E-state index in [9.17, 15) is 8.42 Å². The number of nitrogens with one attached hydrogen (secondary N) is 1. The maximum Gasteiger partial charge on any atom is 0.244 e. The van der Waals surface area contributed by atoms with Crippen molar-refractivity contribution < 1.29 is 17.9 Å². The number of hydrogen-bond donors (Lipinski definition) is 1. The molecule has 0 amide bonds. The van der Waals surface area contributed by atoms with Crippen LogP contribution in [0.15, 0.2) is 47.4 Å². The van der Waals surface area contributed by atoms with Crippen molar-refractivity contribution in [1.29, 1.82) is 0 Å². The van der Waals surface area contributed by atoms with E-state index in [4.69, 9.17) is 9.47 Å². The first-order valence-electron chi connectivity index (χ1n) is 7.32. The molecule has 2 rings (SSSR count). The summed E-state index contributed by atoms with van der Waals surface area (Å²) in [7, 11) is -2.20. The van der Waals surface area contributed by atoms with Gasteiger partial charge in [-0.25, -0.2) is 13.1 Å². The van der Waals surface area contributed by atoms with Gasteiger partial charge in [-0.3, -0.25) is 0 Å². The lowest BCUT2D eigenvalue weighted by atomic mass is 10.2. The molecule has 0 atom stereocenters. The topological polar surface area (TPSA) is 64.6 Å². The predicted octanol–water partition coefficient (Wildman–Crippen LogP) is 2.88. The highest BCUT2D eigenvalue weighted by molar-refractivity contribution is 7.89. The zero-order valence-electron chi connectivity index (χ0n) is 13.5. The van der Waals surface area contributed by atoms with E-state index in [0.717, 1.165) is 16.9 Å². The van der Waals surface area contributed by atoms with Gasteiger partial charge in [-0.2, -0.15) is 0 Å². The Morgan fingerprint density at radius 1 is 1.09 bits per heavy atom. The molecule has 0 fully saturated rings. The number of ether oxygens (including phenoxy) is 2. The monoisotopic (exact) mass is 335 g/mol. The molecule has 124 valence electrons. The largest absolute Gasteiger partial charge is 0.495 e. The summed E-state index contributed by atoms with van der Waals surface area (Å²) in [6.45, 7) is 4.55. The fraction of sp³-hybridized carbons (Fsp3) is 0.294. The number of benzene rings is 2. The average Bonchev–Trinajstić information content (AvgIpc) is 2.54. The minimum Gasteiger partial charge on any atom is -0.495 e. The summed E-state index contributed by atoms with van der Waals surface area (Å²) in [6.07, 6.45) is 0. The van der Waals surface area contributed by atoms with E-state index < -0.39 is 10.0 Å². The summed E-state index contributed by atoms with van der Waals surface area (Å²) in [5, 5.41) is 0. The SMILES string of the molecule is CCOc1ccc(CNS(=O)(=O)c2cc(C)ccc2OC)cc1. The van der Waals surface area contributed by atoms with E-state index in [1.54, 1.807) is 12.1 Å². The predicted molar refractivity (Wildman–Crippen MR) is 89.4 cm³/mol. The van der Waals surface area contributed by atoms with Crippen LogP contribution in [0.25, 0.3) is 0 Å². The molecule has 2 aromatic rings. The standard InChI is InChI=1S/C17H21NO4S/c1-4-22-15-8-6-14(7-9-15)12-18-23(19,20)17-11-13(2)5-10-16(17)21-3/h5-11,18H,4,12H2,1-3H3. The lowest BCUT2D eigenvalue weighted by Gasteiger charge is -2.12. The van der Waals surface area contributed by atoms with Crippen molar-refractivity contribution in [2.45, 2.75) is 25.3 Å². The molecule has 0 saturated carbocycles. The van der Waals surface area contributed by atoms with Gasteiger partial charge in [-0.05, 0) is 49.2 Å². The molecule has 0 aliphatic carbocycles. The molecule has 0 bridgehead atoms. The van der Waals surface area contributed by atoms with Crippen molar-refractivity contribution >= 4 is 10.0 Å². The summed E-state index contributed by atoms with van der Waals surface area (Å²) in [6, 6.07) is 12.4. The van der Waals surface area contributed by atoms with Gasteiger partial charge < -0.3 is 9.47 Å². The molecule has 23 heavy (non-hydrogen) atoms. The van der Waals surface area contributed by atoms with E-state index >= 15 is 0 Å². The van der Waals surface area contributed by atoms with Gasteiger partial charge in [-0.1, -0.05) is 18.2 Å². The molecule has 2 aromatic carbocycles. The molecular weight excluding hydrogens is 314 g/mol. The van der Waals surface area contributed by atoms with Crippen molar-refractivity contribution in [2.75, 3.05) is 13.7 Å². The van der Waals surface area contributed by atoms with Crippen molar-refractivity contribution in [3.8, 4) is 11.5 Å². The van der Waals surface area contributed by atoms with Crippen LogP contribution in [0.4, 0.5) is 0 Å². The van der Waals surface area contributed by atoms with Gasteiger partial charge in [0.25, 0.3) is 0 Å². The van der Waals surface area contributed by atoms with Crippen molar-refractivity contribution in [3.05, 3.63) is 53.6 Å². The third-order valence-corrected chi connectivity index (χ3v) is 4.73. The smallest absolute Gasteiger partial charge is 0.244 e. The molecule has 6 heteroatoms. The Kier molecular flexibility index (Phi) is 5.63. The molecule has 0 aliphatic rings. The summed E-state index contributed by atoms with van der Waals surface area (Å²) >= 11 is 0. The summed E-state index contributed by atoms with van der Waals surface area (Å²) in [5.41, 5.74) is 1.70. The minimum absolute atomic E-state index is 0.144. The van der Waals surface area contributed by atoms with Gasteiger partial charge in [0.05, 0.1) is 13.7 Å². The normalized spacial score (nSPS) is 11.3. The first-order valence-corrected chi connectivity index (χ1v) is 8.80. The van der Waals surface area contributed by atoms with Gasteiger partial charge in [0, 0.05) is 6.54 Å². The lowest BCUT2D eigenvalue weighted by Crippen LogP contribution is -2.23. The Morgan fingerprint density at radius 2 is 1.78 bits per heavy atom. The second kappa shape index (κ2) is 7.48. The average molecular weight is 335 g/mol. The number of rotatable bonds is 7. The third-order valence-electron chi connectivity index (χ3n) is 3.31. The van der Waals surface area contributed by atoms with E-state index in [1.807, 2.05) is 44.2 Å². The molecule has 0 radical (unpaired) electrons. The number of aryl methyl sites for hydroxylation is 1. The molecule has 0 aromatic heterocycles. The molecule has 5 nitrogen and oxygen atoms in total. The van der Waals surface area contributed by atoms with Crippen LogP contribution in [-0.2, 0) is 16.6 Å². The van der Waals surface area contributed by atoms with E-state index in [1.165, 1.54) is 7.11 Å². The van der Waals surface area contributed by atoms with E-state index in [0.29, 0.717) is 12.4 Å². The molecule has 0 spiro atoms. The van der Waals surface area contributed by atoms with Crippen molar-refractivity contribution in [1.82, 2.24) is 4.72 Å². The van der Waals surface area contributed by atoms with Gasteiger partial charge in [-0.15, -0.1) is 0 Å². The van der Waals surface area contributed by atoms with Gasteiger partial charge in [0.1, 0.15) is 16.4 Å². The van der Waals surface area contributed by atoms with Gasteiger partial charge in [0.2, 0.25) is 10.0 Å². The first kappa shape index (κ1) is 17.3. The number of sulfonamides is 1. The highest BCUT2D eigenvalue weighted by Gasteiger charge is 2.19. The summed E-state index contributed by atoms with van der Waals surface area (Å²) in [5.74, 6) is 1.09. The molecule has 0 saturated heterocycles. The second-order valence-corrected chi connectivity index (χ2v) is 6.79. The van der Waals surface area contributed by atoms with Crippen LogP contribution in [0.1, 0.15) is 18.1 Å². The highest BCUT2D eigenvalue weighted by Crippen LogP contribution is 2.24. The van der Waals surface area contributed by atoms with E-state index in [-0.39, 0.29) is 11.4 Å². The van der Waals surface area contributed by atoms with Crippen molar-refractivity contribution in [2.24, 2.45) is 0 Å². The van der Waals surface area contributed by atoms with Crippen LogP contribution in [-0.4, -0.2) is 22.1 Å². The third kappa shape index (κ3) is 4.46. The van der Waals surface area contributed by atoms with Crippen LogP contribution in [0.2, 0.25) is 0 Å². The molecule has 1 N–H and O–H groups in total. The number of methoxy groups -OCH3 is 1. The quantitative estimate of drug-likeness (QED) is 0.845. The second-order valence-electron chi connectivity index (χ2n) is 5.06. The molecule has 0 unspecified atom stereocenters. The first-order chi connectivity index (χ1) is 11.0. The van der Waals surface area contributed by atoms with E-state index in [2.05, 4.69) is 4.72 Å². The zero-order valence-corrected chi connectivity index (χ0v) is 14.3. The van der Waals surface area contributed by atoms with Crippen molar-refractivity contribution in [3.63, 3.8) is 0 Å². The highest BCUT2D eigenvalue weighted by atomic mass is 32.2. The maximum atomic E-state index is 12.5. The Balaban J connectivity index is 2.14. The summed E-state index contributed by atoms with van der Waals surface area (Å²) in [4.78, 5) is 0.144. The summed E-state index contributed by atoms with van der Waals surface area (Å²) < 4.78 is 38.1. The Morgan fingerprint density at radius 3 is 2.39 bits per heavy atom. The van der Waals surface area contributed by atoms with Gasteiger partial charge >= 0.3 is 0 Å². The molecule has 0 heterocycles. The minimum atomic E-state index is -3.65.